The van der Waals surface area contributed by atoms with E-state index >= 15 is 0 Å². The summed E-state index contributed by atoms with van der Waals surface area (Å²) >= 11 is 0. The molecular formula is C10H15NO4. The van der Waals surface area contributed by atoms with Gasteiger partial charge in [0, 0.05) is 12.5 Å². The van der Waals surface area contributed by atoms with Crippen molar-refractivity contribution in [1.82, 2.24) is 4.98 Å². The van der Waals surface area contributed by atoms with Gasteiger partial charge in [0.25, 0.3) is 0 Å². The van der Waals surface area contributed by atoms with Crippen LogP contribution in [0.5, 0.6) is 0 Å². The van der Waals surface area contributed by atoms with E-state index in [1.54, 1.807) is 0 Å². The van der Waals surface area contributed by atoms with E-state index in [1.165, 1.54) is 7.11 Å². The second kappa shape index (κ2) is 4.02. The second-order valence-corrected chi connectivity index (χ2v) is 4.28. The molecule has 0 unspecified atom stereocenters. The predicted molar refractivity (Wildman–Crippen MR) is 52.9 cm³/mol. The maximum atomic E-state index is 10.8. The molecule has 84 valence electrons. The molecule has 1 aromatic heterocycles. The molecule has 1 heterocycles. The van der Waals surface area contributed by atoms with Gasteiger partial charge in [0.2, 0.25) is 11.7 Å². The quantitative estimate of drug-likeness (QED) is 0.829. The van der Waals surface area contributed by atoms with Crippen molar-refractivity contribution in [2.45, 2.75) is 32.8 Å². The molecule has 0 fully saturated rings. The molecule has 1 aromatic rings. The Labute approximate surface area is 88.1 Å². The van der Waals surface area contributed by atoms with Gasteiger partial charge < -0.3 is 14.3 Å². The third-order valence-corrected chi connectivity index (χ3v) is 1.81. The smallest absolute Gasteiger partial charge is 0.373 e. The van der Waals surface area contributed by atoms with Gasteiger partial charge in [-0.15, -0.1) is 0 Å². The van der Waals surface area contributed by atoms with Crippen molar-refractivity contribution in [1.29, 1.82) is 0 Å². The number of carboxylic acid groups (broad SMARTS) is 1. The SMILES string of the molecule is COCc1nc(C(C)(C)C)oc1C(=O)O. The van der Waals surface area contributed by atoms with E-state index in [-0.39, 0.29) is 17.8 Å². The van der Waals surface area contributed by atoms with Gasteiger partial charge in [0.15, 0.2) is 0 Å². The van der Waals surface area contributed by atoms with E-state index in [0.29, 0.717) is 11.6 Å². The zero-order valence-electron chi connectivity index (χ0n) is 9.33. The summed E-state index contributed by atoms with van der Waals surface area (Å²) in [6.45, 7) is 5.85. The monoisotopic (exact) mass is 213 g/mol. The lowest BCUT2D eigenvalue weighted by molar-refractivity contribution is 0.0652. The molecule has 0 aliphatic carbocycles. The lowest BCUT2D eigenvalue weighted by Gasteiger charge is -2.11. The summed E-state index contributed by atoms with van der Waals surface area (Å²) in [4.78, 5) is 15.0. The first-order chi connectivity index (χ1) is 6.86. The first-order valence-electron chi connectivity index (χ1n) is 4.58. The van der Waals surface area contributed by atoms with Crippen LogP contribution in [0.4, 0.5) is 0 Å². The Hall–Kier alpha value is -1.36. The van der Waals surface area contributed by atoms with Crippen molar-refractivity contribution < 1.29 is 19.1 Å². The molecule has 5 heteroatoms. The van der Waals surface area contributed by atoms with Crippen LogP contribution in [0.25, 0.3) is 0 Å². The van der Waals surface area contributed by atoms with Crippen molar-refractivity contribution in [2.75, 3.05) is 7.11 Å². The molecule has 0 aromatic carbocycles. The van der Waals surface area contributed by atoms with Crippen LogP contribution in [0.2, 0.25) is 0 Å². The van der Waals surface area contributed by atoms with Crippen LogP contribution >= 0.6 is 0 Å². The first-order valence-corrected chi connectivity index (χ1v) is 4.58. The van der Waals surface area contributed by atoms with E-state index in [1.807, 2.05) is 20.8 Å². The molecule has 0 aliphatic rings. The number of hydrogen-bond donors (Lipinski definition) is 1. The highest BCUT2D eigenvalue weighted by Crippen LogP contribution is 2.24. The average Bonchev–Trinajstić information content (AvgIpc) is 2.48. The summed E-state index contributed by atoms with van der Waals surface area (Å²) in [5.41, 5.74) is 0.0193. The summed E-state index contributed by atoms with van der Waals surface area (Å²) in [5.74, 6) is -0.848. The lowest BCUT2D eigenvalue weighted by atomic mass is 9.97. The minimum absolute atomic E-state index is 0.137. The first kappa shape index (κ1) is 11.7. The molecule has 0 atom stereocenters. The Balaban J connectivity index is 3.15. The van der Waals surface area contributed by atoms with Gasteiger partial charge in [0.05, 0.1) is 6.61 Å². The Kier molecular flexibility index (Phi) is 3.14. The van der Waals surface area contributed by atoms with Crippen molar-refractivity contribution in [3.63, 3.8) is 0 Å². The molecular weight excluding hydrogens is 198 g/mol. The number of oxazole rings is 1. The Morgan fingerprint density at radius 3 is 2.53 bits per heavy atom. The van der Waals surface area contributed by atoms with Crippen molar-refractivity contribution in [2.24, 2.45) is 0 Å². The van der Waals surface area contributed by atoms with Gasteiger partial charge in [-0.2, -0.15) is 0 Å². The minimum Gasteiger partial charge on any atom is -0.475 e. The topological polar surface area (TPSA) is 72.6 Å². The third kappa shape index (κ3) is 2.56. The number of aromatic nitrogens is 1. The van der Waals surface area contributed by atoms with Crippen LogP contribution < -0.4 is 0 Å². The van der Waals surface area contributed by atoms with Crippen LogP contribution in [0.15, 0.2) is 4.42 Å². The van der Waals surface area contributed by atoms with Crippen LogP contribution in [-0.2, 0) is 16.8 Å². The van der Waals surface area contributed by atoms with Crippen molar-refractivity contribution >= 4 is 5.97 Å². The number of aromatic carboxylic acids is 1. The van der Waals surface area contributed by atoms with Crippen LogP contribution in [0.1, 0.15) is 42.9 Å². The fraction of sp³-hybridized carbons (Fsp3) is 0.600. The van der Waals surface area contributed by atoms with Gasteiger partial charge in [-0.3, -0.25) is 0 Å². The third-order valence-electron chi connectivity index (χ3n) is 1.81. The van der Waals surface area contributed by atoms with Gasteiger partial charge in [0.1, 0.15) is 5.69 Å². The maximum Gasteiger partial charge on any atom is 0.373 e. The fourth-order valence-electron chi connectivity index (χ4n) is 1.07. The predicted octanol–water partition coefficient (Wildman–Crippen LogP) is 1.82. The number of carboxylic acids is 1. The molecule has 5 nitrogen and oxygen atoms in total. The van der Waals surface area contributed by atoms with Gasteiger partial charge in [-0.1, -0.05) is 20.8 Å². The van der Waals surface area contributed by atoms with Crippen LogP contribution in [-0.4, -0.2) is 23.2 Å². The Morgan fingerprint density at radius 2 is 2.13 bits per heavy atom. The van der Waals surface area contributed by atoms with E-state index in [9.17, 15) is 4.79 Å². The van der Waals surface area contributed by atoms with Crippen molar-refractivity contribution in [3.05, 3.63) is 17.3 Å². The minimum atomic E-state index is -1.12. The lowest BCUT2D eigenvalue weighted by Crippen LogP contribution is -2.11. The van der Waals surface area contributed by atoms with Crippen molar-refractivity contribution in [3.8, 4) is 0 Å². The molecule has 0 aliphatic heterocycles. The number of nitrogens with zero attached hydrogens (tertiary/aromatic N) is 1. The number of ether oxygens (including phenoxy) is 1. The van der Waals surface area contributed by atoms with Crippen LogP contribution in [0, 0.1) is 0 Å². The molecule has 0 bridgehead atoms. The number of methoxy groups -OCH3 is 1. The number of carbonyl (C=O) groups is 1. The summed E-state index contributed by atoms with van der Waals surface area (Å²) < 4.78 is 10.1. The molecule has 0 saturated carbocycles. The molecule has 0 saturated heterocycles. The molecule has 15 heavy (non-hydrogen) atoms. The molecule has 0 radical (unpaired) electrons. The number of hydrogen-bond acceptors (Lipinski definition) is 4. The molecule has 1 rings (SSSR count). The summed E-state index contributed by atoms with van der Waals surface area (Å²) in [7, 11) is 1.48. The summed E-state index contributed by atoms with van der Waals surface area (Å²) in [6, 6.07) is 0. The van der Waals surface area contributed by atoms with Gasteiger partial charge in [-0.05, 0) is 0 Å². The number of rotatable bonds is 3. The van der Waals surface area contributed by atoms with Crippen LogP contribution in [0.3, 0.4) is 0 Å². The Morgan fingerprint density at radius 1 is 1.53 bits per heavy atom. The Bertz CT molecular complexity index is 362. The van der Waals surface area contributed by atoms with E-state index in [4.69, 9.17) is 14.3 Å². The fourth-order valence-corrected chi connectivity index (χ4v) is 1.07. The molecule has 1 N–H and O–H groups in total. The van der Waals surface area contributed by atoms with Gasteiger partial charge >= 0.3 is 5.97 Å². The standard InChI is InChI=1S/C10H15NO4/c1-10(2,3)9-11-6(5-14-4)7(15-9)8(12)13/h5H2,1-4H3,(H,12,13). The summed E-state index contributed by atoms with van der Waals surface area (Å²) in [6.07, 6.45) is 0. The maximum absolute atomic E-state index is 10.8. The molecule has 0 spiro atoms. The summed E-state index contributed by atoms with van der Waals surface area (Å²) in [5, 5.41) is 8.88. The largest absolute Gasteiger partial charge is 0.475 e. The van der Waals surface area contributed by atoms with E-state index < -0.39 is 5.97 Å². The normalized spacial score (nSPS) is 11.7. The average molecular weight is 213 g/mol. The molecule has 0 amide bonds. The zero-order chi connectivity index (χ0) is 11.6. The van der Waals surface area contributed by atoms with E-state index in [2.05, 4.69) is 4.98 Å². The highest BCUT2D eigenvalue weighted by molar-refractivity contribution is 5.85. The highest BCUT2D eigenvalue weighted by atomic mass is 16.5. The zero-order valence-corrected chi connectivity index (χ0v) is 9.33. The van der Waals surface area contributed by atoms with E-state index in [0.717, 1.165) is 0 Å². The highest BCUT2D eigenvalue weighted by Gasteiger charge is 2.26. The second-order valence-electron chi connectivity index (χ2n) is 4.28. The van der Waals surface area contributed by atoms with Gasteiger partial charge in [-0.25, -0.2) is 9.78 Å².